The lowest BCUT2D eigenvalue weighted by atomic mass is 10.2. The molecule has 19 heavy (non-hydrogen) atoms. The summed E-state index contributed by atoms with van der Waals surface area (Å²) < 4.78 is 14.9. The number of hydrogen-bond donors (Lipinski definition) is 1. The number of nitrogens with zero attached hydrogens (tertiary/aromatic N) is 3. The Bertz CT molecular complexity index is 557. The van der Waals surface area contributed by atoms with Crippen molar-refractivity contribution in [2.75, 3.05) is 6.54 Å². The number of nitro benzene ring substituents is 1. The van der Waals surface area contributed by atoms with E-state index in [0.29, 0.717) is 25.2 Å². The van der Waals surface area contributed by atoms with Gasteiger partial charge in [0.2, 0.25) is 0 Å². The van der Waals surface area contributed by atoms with Crippen molar-refractivity contribution in [2.45, 2.75) is 13.1 Å². The zero-order valence-electron chi connectivity index (χ0n) is 10.1. The first-order valence-electron chi connectivity index (χ1n) is 5.77. The molecule has 0 aliphatic carbocycles. The Kier molecular flexibility index (Phi) is 4.19. The van der Waals surface area contributed by atoms with Gasteiger partial charge in [-0.3, -0.25) is 14.8 Å². The summed E-state index contributed by atoms with van der Waals surface area (Å²) >= 11 is 0. The first-order chi connectivity index (χ1) is 9.15. The Morgan fingerprint density at radius 3 is 2.95 bits per heavy atom. The normalized spacial score (nSPS) is 10.6. The molecule has 0 unspecified atom stereocenters. The van der Waals surface area contributed by atoms with Crippen LogP contribution in [0.15, 0.2) is 36.7 Å². The zero-order chi connectivity index (χ0) is 13.7. The monoisotopic (exact) mass is 264 g/mol. The fraction of sp³-hybridized carbons (Fsp3) is 0.250. The van der Waals surface area contributed by atoms with Crippen LogP contribution in [-0.2, 0) is 13.1 Å². The van der Waals surface area contributed by atoms with Crippen LogP contribution in [0.1, 0.15) is 5.56 Å². The van der Waals surface area contributed by atoms with E-state index in [4.69, 9.17) is 0 Å². The molecule has 0 radical (unpaired) electrons. The molecule has 100 valence electrons. The van der Waals surface area contributed by atoms with Crippen molar-refractivity contribution in [2.24, 2.45) is 0 Å². The van der Waals surface area contributed by atoms with Crippen molar-refractivity contribution >= 4 is 5.69 Å². The second-order valence-electron chi connectivity index (χ2n) is 4.02. The summed E-state index contributed by atoms with van der Waals surface area (Å²) in [5, 5.41) is 17.7. The second-order valence-corrected chi connectivity index (χ2v) is 4.02. The van der Waals surface area contributed by atoms with Crippen LogP contribution >= 0.6 is 0 Å². The van der Waals surface area contributed by atoms with Gasteiger partial charge >= 0.3 is 0 Å². The van der Waals surface area contributed by atoms with Gasteiger partial charge < -0.3 is 5.32 Å². The Balaban J connectivity index is 1.87. The van der Waals surface area contributed by atoms with Crippen LogP contribution in [0.4, 0.5) is 10.1 Å². The molecule has 1 aromatic carbocycles. The highest BCUT2D eigenvalue weighted by Gasteiger charge is 2.09. The summed E-state index contributed by atoms with van der Waals surface area (Å²) in [6.07, 6.45) is 3.53. The molecule has 7 heteroatoms. The van der Waals surface area contributed by atoms with E-state index in [0.717, 1.165) is 6.07 Å². The number of nitro groups is 1. The Hall–Kier alpha value is -2.28. The van der Waals surface area contributed by atoms with E-state index < -0.39 is 10.7 Å². The maximum atomic E-state index is 13.2. The van der Waals surface area contributed by atoms with Gasteiger partial charge in [-0.1, -0.05) is 0 Å². The predicted octanol–water partition coefficient (Wildman–Crippen LogP) is 1.72. The zero-order valence-corrected chi connectivity index (χ0v) is 10.1. The molecule has 0 amide bonds. The van der Waals surface area contributed by atoms with Crippen LogP contribution in [0.5, 0.6) is 0 Å². The van der Waals surface area contributed by atoms with E-state index in [1.807, 2.05) is 12.3 Å². The summed E-state index contributed by atoms with van der Waals surface area (Å²) in [7, 11) is 0. The first-order valence-corrected chi connectivity index (χ1v) is 5.77. The third-order valence-corrected chi connectivity index (χ3v) is 2.56. The number of halogens is 1. The maximum Gasteiger partial charge on any atom is 0.272 e. The maximum absolute atomic E-state index is 13.2. The molecule has 6 nitrogen and oxygen atoms in total. The molecular weight excluding hydrogens is 251 g/mol. The number of rotatable bonds is 6. The summed E-state index contributed by atoms with van der Waals surface area (Å²) in [6.45, 7) is 1.70. The Labute approximate surface area is 109 Å². The molecule has 0 aliphatic heterocycles. The van der Waals surface area contributed by atoms with Crippen LogP contribution < -0.4 is 5.32 Å². The number of nitrogens with one attached hydrogen (secondary N) is 1. The fourth-order valence-electron chi connectivity index (χ4n) is 1.70. The summed E-state index contributed by atoms with van der Waals surface area (Å²) in [4.78, 5) is 10.00. The van der Waals surface area contributed by atoms with E-state index in [9.17, 15) is 14.5 Å². The highest BCUT2D eigenvalue weighted by Crippen LogP contribution is 2.15. The van der Waals surface area contributed by atoms with Crippen molar-refractivity contribution in [3.63, 3.8) is 0 Å². The molecular formula is C12H13FN4O2. The molecule has 1 aromatic heterocycles. The van der Waals surface area contributed by atoms with E-state index in [1.165, 1.54) is 12.1 Å². The standard InChI is InChI=1S/C12H13FN4O2/c13-11-6-10(7-12(8-11)17(18)19)9-14-3-5-16-4-1-2-15-16/h1-2,4,6-8,14H,3,5,9H2. The predicted molar refractivity (Wildman–Crippen MR) is 67.0 cm³/mol. The quantitative estimate of drug-likeness (QED) is 0.490. The lowest BCUT2D eigenvalue weighted by Gasteiger charge is -2.05. The molecule has 1 N–H and O–H groups in total. The number of hydrogen-bond acceptors (Lipinski definition) is 4. The highest BCUT2D eigenvalue weighted by atomic mass is 19.1. The second kappa shape index (κ2) is 6.05. The van der Waals surface area contributed by atoms with Gasteiger partial charge in [-0.05, 0) is 17.7 Å². The topological polar surface area (TPSA) is 73.0 Å². The minimum Gasteiger partial charge on any atom is -0.311 e. The van der Waals surface area contributed by atoms with E-state index in [1.54, 1.807) is 10.9 Å². The van der Waals surface area contributed by atoms with Crippen molar-refractivity contribution in [1.82, 2.24) is 15.1 Å². The van der Waals surface area contributed by atoms with Gasteiger partial charge in [0.05, 0.1) is 17.5 Å². The van der Waals surface area contributed by atoms with Crippen molar-refractivity contribution < 1.29 is 9.31 Å². The molecule has 0 bridgehead atoms. The smallest absolute Gasteiger partial charge is 0.272 e. The summed E-state index contributed by atoms with van der Waals surface area (Å²) in [5.74, 6) is -0.599. The minimum atomic E-state index is -0.601. The van der Waals surface area contributed by atoms with Gasteiger partial charge in [-0.2, -0.15) is 5.10 Å². The molecule has 0 fully saturated rings. The number of aromatic nitrogens is 2. The lowest BCUT2D eigenvalue weighted by Crippen LogP contribution is -2.19. The third kappa shape index (κ3) is 3.85. The first kappa shape index (κ1) is 13.2. The Morgan fingerprint density at radius 1 is 1.42 bits per heavy atom. The van der Waals surface area contributed by atoms with E-state index in [2.05, 4.69) is 10.4 Å². The van der Waals surface area contributed by atoms with Crippen LogP contribution in [0.25, 0.3) is 0 Å². The van der Waals surface area contributed by atoms with Gasteiger partial charge in [-0.15, -0.1) is 0 Å². The SMILES string of the molecule is O=[N+]([O-])c1cc(F)cc(CNCCn2cccn2)c1. The molecule has 2 aromatic rings. The van der Waals surface area contributed by atoms with Crippen LogP contribution in [0, 0.1) is 15.9 Å². The lowest BCUT2D eigenvalue weighted by molar-refractivity contribution is -0.385. The fourth-order valence-corrected chi connectivity index (χ4v) is 1.70. The van der Waals surface area contributed by atoms with Gasteiger partial charge in [0.1, 0.15) is 5.82 Å². The van der Waals surface area contributed by atoms with E-state index >= 15 is 0 Å². The van der Waals surface area contributed by atoms with Crippen molar-refractivity contribution in [3.05, 3.63) is 58.2 Å². The van der Waals surface area contributed by atoms with E-state index in [-0.39, 0.29) is 5.69 Å². The molecule has 2 rings (SSSR count). The summed E-state index contributed by atoms with van der Waals surface area (Å²) in [5.41, 5.74) is 0.316. The average Bonchev–Trinajstić information content (AvgIpc) is 2.87. The largest absolute Gasteiger partial charge is 0.311 e. The number of non-ortho nitro benzene ring substituents is 1. The molecule has 0 atom stereocenters. The molecule has 0 saturated heterocycles. The molecule has 0 spiro atoms. The third-order valence-electron chi connectivity index (χ3n) is 2.56. The van der Waals surface area contributed by atoms with Gasteiger partial charge in [-0.25, -0.2) is 4.39 Å². The van der Waals surface area contributed by atoms with Crippen LogP contribution in [0.2, 0.25) is 0 Å². The van der Waals surface area contributed by atoms with Crippen LogP contribution in [0.3, 0.4) is 0 Å². The van der Waals surface area contributed by atoms with Crippen LogP contribution in [-0.4, -0.2) is 21.2 Å². The molecule has 1 heterocycles. The highest BCUT2D eigenvalue weighted by molar-refractivity contribution is 5.35. The average molecular weight is 264 g/mol. The van der Waals surface area contributed by atoms with Gasteiger partial charge in [0.25, 0.3) is 5.69 Å². The van der Waals surface area contributed by atoms with Gasteiger partial charge in [0, 0.05) is 31.5 Å². The molecule has 0 aliphatic rings. The Morgan fingerprint density at radius 2 is 2.26 bits per heavy atom. The minimum absolute atomic E-state index is 0.233. The molecule has 0 saturated carbocycles. The number of benzene rings is 1. The summed E-state index contributed by atoms with van der Waals surface area (Å²) in [6, 6.07) is 5.39. The van der Waals surface area contributed by atoms with Crippen molar-refractivity contribution in [1.29, 1.82) is 0 Å². The van der Waals surface area contributed by atoms with Crippen molar-refractivity contribution in [3.8, 4) is 0 Å². The van der Waals surface area contributed by atoms with Gasteiger partial charge in [0.15, 0.2) is 0 Å².